The lowest BCUT2D eigenvalue weighted by atomic mass is 9.77. The van der Waals surface area contributed by atoms with E-state index in [4.69, 9.17) is 10.00 Å². The molecule has 1 spiro atoms. The zero-order valence-electron chi connectivity index (χ0n) is 16.4. The minimum absolute atomic E-state index is 0.0179. The van der Waals surface area contributed by atoms with Gasteiger partial charge in [-0.25, -0.2) is 4.39 Å². The minimum Gasteiger partial charge on any atom is -0.375 e. The van der Waals surface area contributed by atoms with Crippen molar-refractivity contribution in [3.8, 4) is 6.07 Å². The van der Waals surface area contributed by atoms with Crippen molar-refractivity contribution >= 4 is 5.91 Å². The van der Waals surface area contributed by atoms with Gasteiger partial charge in [0.05, 0.1) is 17.2 Å². The van der Waals surface area contributed by atoms with E-state index < -0.39 is 0 Å². The minimum atomic E-state index is -0.199. The van der Waals surface area contributed by atoms with Crippen LogP contribution in [0.15, 0.2) is 48.5 Å². The van der Waals surface area contributed by atoms with E-state index in [0.29, 0.717) is 30.1 Å². The largest absolute Gasteiger partial charge is 0.375 e. The molecule has 2 aromatic carbocycles. The van der Waals surface area contributed by atoms with Gasteiger partial charge in [0.15, 0.2) is 0 Å². The number of carbonyl (C=O) groups excluding carboxylic acids is 1. The summed E-state index contributed by atoms with van der Waals surface area (Å²) < 4.78 is 19.4. The van der Waals surface area contributed by atoms with Gasteiger partial charge in [0, 0.05) is 25.3 Å². The molecular formula is C24H25FN2O2. The molecule has 1 atom stereocenters. The van der Waals surface area contributed by atoms with Crippen molar-refractivity contribution in [2.45, 2.75) is 37.7 Å². The number of halogens is 1. The lowest BCUT2D eigenvalue weighted by Gasteiger charge is -2.46. The summed E-state index contributed by atoms with van der Waals surface area (Å²) in [7, 11) is 0. The number of rotatable bonds is 3. The van der Waals surface area contributed by atoms with Crippen molar-refractivity contribution in [2.24, 2.45) is 5.92 Å². The second-order valence-corrected chi connectivity index (χ2v) is 8.21. The Kier molecular flexibility index (Phi) is 5.64. The van der Waals surface area contributed by atoms with Crippen LogP contribution in [0.1, 0.15) is 47.2 Å². The van der Waals surface area contributed by atoms with Crippen LogP contribution < -0.4 is 0 Å². The highest BCUT2D eigenvalue weighted by Crippen LogP contribution is 2.39. The molecule has 150 valence electrons. The van der Waals surface area contributed by atoms with E-state index in [9.17, 15) is 9.18 Å². The van der Waals surface area contributed by atoms with E-state index >= 15 is 0 Å². The monoisotopic (exact) mass is 392 g/mol. The Bertz CT molecular complexity index is 911. The molecule has 0 saturated carbocycles. The topological polar surface area (TPSA) is 53.3 Å². The summed E-state index contributed by atoms with van der Waals surface area (Å²) in [6, 6.07) is 15.8. The number of nitriles is 1. The Morgan fingerprint density at radius 2 is 1.97 bits per heavy atom. The summed E-state index contributed by atoms with van der Waals surface area (Å²) in [5.74, 6) is 0.300. The molecule has 29 heavy (non-hydrogen) atoms. The average molecular weight is 392 g/mol. The van der Waals surface area contributed by atoms with E-state index in [1.165, 1.54) is 17.7 Å². The second-order valence-electron chi connectivity index (χ2n) is 8.21. The molecule has 1 amide bonds. The van der Waals surface area contributed by atoms with E-state index in [0.717, 1.165) is 38.7 Å². The van der Waals surface area contributed by atoms with Gasteiger partial charge in [-0.05, 0) is 73.9 Å². The third-order valence-electron chi connectivity index (χ3n) is 6.23. The summed E-state index contributed by atoms with van der Waals surface area (Å²) in [6.07, 6.45) is 4.60. The van der Waals surface area contributed by atoms with Gasteiger partial charge < -0.3 is 9.64 Å². The normalized spacial score (nSPS) is 21.0. The van der Waals surface area contributed by atoms with Crippen LogP contribution in [0, 0.1) is 23.1 Å². The molecule has 2 heterocycles. The van der Waals surface area contributed by atoms with Gasteiger partial charge in [-0.2, -0.15) is 5.26 Å². The number of nitrogens with zero attached hydrogens (tertiary/aromatic N) is 2. The smallest absolute Gasteiger partial charge is 0.253 e. The zero-order chi connectivity index (χ0) is 20.3. The molecule has 4 nitrogen and oxygen atoms in total. The van der Waals surface area contributed by atoms with E-state index in [1.807, 2.05) is 17.0 Å². The maximum Gasteiger partial charge on any atom is 0.253 e. The van der Waals surface area contributed by atoms with Gasteiger partial charge in [0.25, 0.3) is 5.91 Å². The van der Waals surface area contributed by atoms with Crippen molar-refractivity contribution in [3.05, 3.63) is 71.0 Å². The number of benzene rings is 2. The summed E-state index contributed by atoms with van der Waals surface area (Å²) >= 11 is 0. The first kappa shape index (κ1) is 19.6. The first-order valence-electron chi connectivity index (χ1n) is 10.2. The lowest BCUT2D eigenvalue weighted by molar-refractivity contribution is -0.123. The third-order valence-corrected chi connectivity index (χ3v) is 6.23. The lowest BCUT2D eigenvalue weighted by Crippen LogP contribution is -2.51. The number of amides is 1. The second kappa shape index (κ2) is 8.34. The Morgan fingerprint density at radius 1 is 1.21 bits per heavy atom. The summed E-state index contributed by atoms with van der Waals surface area (Å²) in [6.45, 7) is 2.07. The quantitative estimate of drug-likeness (QED) is 0.781. The fraction of sp³-hybridized carbons (Fsp3) is 0.417. The molecule has 5 heteroatoms. The molecule has 2 fully saturated rings. The molecule has 0 bridgehead atoms. The fourth-order valence-corrected chi connectivity index (χ4v) is 4.63. The predicted molar refractivity (Wildman–Crippen MR) is 108 cm³/mol. The SMILES string of the molecule is N#Cc1cccc(C(=O)N2CCC3(CC2)CC(Cc2ccc(F)cc2)CCO3)c1. The average Bonchev–Trinajstić information content (AvgIpc) is 2.76. The van der Waals surface area contributed by atoms with Crippen LogP contribution in [0.25, 0.3) is 0 Å². The van der Waals surface area contributed by atoms with Gasteiger partial charge >= 0.3 is 0 Å². The van der Waals surface area contributed by atoms with E-state index in [2.05, 4.69) is 6.07 Å². The number of hydrogen-bond donors (Lipinski definition) is 0. The number of carbonyl (C=O) groups is 1. The van der Waals surface area contributed by atoms with Crippen molar-refractivity contribution in [1.82, 2.24) is 4.90 Å². The molecular weight excluding hydrogens is 367 g/mol. The summed E-state index contributed by atoms with van der Waals surface area (Å²) in [5, 5.41) is 9.05. The van der Waals surface area contributed by atoms with Crippen molar-refractivity contribution in [2.75, 3.05) is 19.7 Å². The Hall–Kier alpha value is -2.71. The molecule has 1 unspecified atom stereocenters. The molecule has 2 saturated heterocycles. The molecule has 0 radical (unpaired) electrons. The van der Waals surface area contributed by atoms with Gasteiger partial charge in [-0.15, -0.1) is 0 Å². The van der Waals surface area contributed by atoms with Crippen LogP contribution in [0.4, 0.5) is 4.39 Å². The van der Waals surface area contributed by atoms with Crippen LogP contribution >= 0.6 is 0 Å². The Balaban J connectivity index is 1.37. The van der Waals surface area contributed by atoms with Gasteiger partial charge in [0.2, 0.25) is 0 Å². The highest BCUT2D eigenvalue weighted by Gasteiger charge is 2.41. The molecule has 2 aromatic rings. The zero-order valence-corrected chi connectivity index (χ0v) is 16.4. The van der Waals surface area contributed by atoms with Gasteiger partial charge in [-0.3, -0.25) is 4.79 Å². The van der Waals surface area contributed by atoms with Crippen LogP contribution in [-0.4, -0.2) is 36.1 Å². The molecule has 2 aliphatic heterocycles. The highest BCUT2D eigenvalue weighted by molar-refractivity contribution is 5.94. The summed E-state index contributed by atoms with van der Waals surface area (Å²) in [5.41, 5.74) is 2.08. The number of hydrogen-bond acceptors (Lipinski definition) is 3. The molecule has 4 rings (SSSR count). The van der Waals surface area contributed by atoms with Crippen LogP contribution in [-0.2, 0) is 11.2 Å². The maximum atomic E-state index is 13.1. The number of likely N-dealkylation sites (tertiary alicyclic amines) is 1. The molecule has 0 N–H and O–H groups in total. The highest BCUT2D eigenvalue weighted by atomic mass is 19.1. The van der Waals surface area contributed by atoms with E-state index in [-0.39, 0.29) is 17.3 Å². The van der Waals surface area contributed by atoms with Crippen LogP contribution in [0.2, 0.25) is 0 Å². The van der Waals surface area contributed by atoms with E-state index in [1.54, 1.807) is 24.3 Å². The Morgan fingerprint density at radius 3 is 2.69 bits per heavy atom. The summed E-state index contributed by atoms with van der Waals surface area (Å²) in [4.78, 5) is 14.7. The standard InChI is InChI=1S/C24H25FN2O2/c25-22-6-4-18(5-7-22)14-19-8-13-29-24(16-19)9-11-27(12-10-24)23(28)21-3-1-2-20(15-21)17-26/h1-7,15,19H,8-14,16H2. The van der Waals surface area contributed by atoms with Crippen LogP contribution in [0.5, 0.6) is 0 Å². The number of piperidine rings is 1. The predicted octanol–water partition coefficient (Wildman–Crippen LogP) is 4.34. The number of ether oxygens (including phenoxy) is 1. The molecule has 0 aromatic heterocycles. The van der Waals surface area contributed by atoms with Crippen molar-refractivity contribution in [3.63, 3.8) is 0 Å². The van der Waals surface area contributed by atoms with Gasteiger partial charge in [-0.1, -0.05) is 18.2 Å². The first-order valence-corrected chi connectivity index (χ1v) is 10.2. The maximum absolute atomic E-state index is 13.1. The van der Waals surface area contributed by atoms with Crippen LogP contribution in [0.3, 0.4) is 0 Å². The van der Waals surface area contributed by atoms with Crippen molar-refractivity contribution < 1.29 is 13.9 Å². The van der Waals surface area contributed by atoms with Gasteiger partial charge in [0.1, 0.15) is 5.82 Å². The first-order chi connectivity index (χ1) is 14.1. The molecule has 2 aliphatic rings. The molecule has 0 aliphatic carbocycles. The van der Waals surface area contributed by atoms with Crippen molar-refractivity contribution in [1.29, 1.82) is 5.26 Å². The third kappa shape index (κ3) is 4.49. The Labute approximate surface area is 170 Å². The fourth-order valence-electron chi connectivity index (χ4n) is 4.63.